The van der Waals surface area contributed by atoms with Crippen molar-refractivity contribution in [2.24, 2.45) is 0 Å². The molecule has 0 aromatic heterocycles. The van der Waals surface area contributed by atoms with Gasteiger partial charge in [0.05, 0.1) is 6.10 Å². The quantitative estimate of drug-likeness (QED) is 0.840. The number of hydrogen-bond acceptors (Lipinski definition) is 2. The first-order valence-corrected chi connectivity index (χ1v) is 6.68. The molecule has 0 heterocycles. The zero-order valence-electron chi connectivity index (χ0n) is 11.8. The molecule has 0 radical (unpaired) electrons. The summed E-state index contributed by atoms with van der Waals surface area (Å²) in [6.45, 7) is 10.1. The number of nitrogens with zero attached hydrogens (tertiary/aromatic N) is 1. The van der Waals surface area contributed by atoms with E-state index in [0.29, 0.717) is 0 Å². The fourth-order valence-electron chi connectivity index (χ4n) is 2.54. The Kier molecular flexibility index (Phi) is 5.29. The monoisotopic (exact) mass is 253 g/mol. The van der Waals surface area contributed by atoms with E-state index in [1.54, 1.807) is 12.1 Å². The molecule has 2 unspecified atom stereocenters. The summed E-state index contributed by atoms with van der Waals surface area (Å²) in [4.78, 5) is 2.25. The molecule has 0 aliphatic rings. The highest BCUT2D eigenvalue weighted by molar-refractivity contribution is 5.22. The summed E-state index contributed by atoms with van der Waals surface area (Å²) in [7, 11) is 0. The standard InChI is InChI=1S/C15H24FNO/c1-5-15(4,17(6-2)7-3)14(18)12-8-10-13(16)11-9-12/h8-11,14,18H,5-7H2,1-4H3. The highest BCUT2D eigenvalue weighted by Gasteiger charge is 2.36. The van der Waals surface area contributed by atoms with E-state index >= 15 is 0 Å². The predicted molar refractivity (Wildman–Crippen MR) is 73.0 cm³/mol. The zero-order chi connectivity index (χ0) is 13.8. The molecular weight excluding hydrogens is 229 g/mol. The minimum Gasteiger partial charge on any atom is -0.386 e. The maximum atomic E-state index is 12.9. The fourth-order valence-corrected chi connectivity index (χ4v) is 2.54. The van der Waals surface area contributed by atoms with Crippen LogP contribution < -0.4 is 0 Å². The van der Waals surface area contributed by atoms with Crippen LogP contribution in [0.2, 0.25) is 0 Å². The number of halogens is 1. The van der Waals surface area contributed by atoms with Crippen LogP contribution in [0.5, 0.6) is 0 Å². The third-order valence-electron chi connectivity index (χ3n) is 3.98. The fraction of sp³-hybridized carbons (Fsp3) is 0.600. The molecule has 0 fully saturated rings. The summed E-state index contributed by atoms with van der Waals surface area (Å²) < 4.78 is 12.9. The number of benzene rings is 1. The van der Waals surface area contributed by atoms with Gasteiger partial charge in [0.25, 0.3) is 0 Å². The lowest BCUT2D eigenvalue weighted by Crippen LogP contribution is -2.50. The molecule has 0 saturated heterocycles. The number of hydrogen-bond donors (Lipinski definition) is 1. The molecule has 0 amide bonds. The van der Waals surface area contributed by atoms with Crippen molar-refractivity contribution in [3.05, 3.63) is 35.6 Å². The van der Waals surface area contributed by atoms with Crippen molar-refractivity contribution in [2.45, 2.75) is 45.8 Å². The molecule has 2 nitrogen and oxygen atoms in total. The lowest BCUT2D eigenvalue weighted by molar-refractivity contribution is -0.0214. The number of likely N-dealkylation sites (N-methyl/N-ethyl adjacent to an activating group) is 1. The smallest absolute Gasteiger partial charge is 0.123 e. The van der Waals surface area contributed by atoms with E-state index in [1.165, 1.54) is 12.1 Å². The topological polar surface area (TPSA) is 23.5 Å². The van der Waals surface area contributed by atoms with Crippen molar-refractivity contribution in [3.8, 4) is 0 Å². The first kappa shape index (κ1) is 15.1. The van der Waals surface area contributed by atoms with Crippen LogP contribution in [0.25, 0.3) is 0 Å². The lowest BCUT2D eigenvalue weighted by atomic mass is 9.85. The van der Waals surface area contributed by atoms with E-state index in [9.17, 15) is 9.50 Å². The Hall–Kier alpha value is -0.930. The number of aliphatic hydroxyl groups is 1. The van der Waals surface area contributed by atoms with E-state index < -0.39 is 6.10 Å². The van der Waals surface area contributed by atoms with Gasteiger partial charge in [-0.25, -0.2) is 4.39 Å². The zero-order valence-corrected chi connectivity index (χ0v) is 11.8. The van der Waals surface area contributed by atoms with Gasteiger partial charge in [-0.05, 0) is 44.1 Å². The van der Waals surface area contributed by atoms with Gasteiger partial charge < -0.3 is 5.11 Å². The minimum absolute atomic E-state index is 0.271. The average molecular weight is 253 g/mol. The van der Waals surface area contributed by atoms with Crippen molar-refractivity contribution in [3.63, 3.8) is 0 Å². The Balaban J connectivity index is 3.03. The van der Waals surface area contributed by atoms with Gasteiger partial charge in [0.15, 0.2) is 0 Å². The lowest BCUT2D eigenvalue weighted by Gasteiger charge is -2.43. The molecule has 1 N–H and O–H groups in total. The summed E-state index contributed by atoms with van der Waals surface area (Å²) >= 11 is 0. The van der Waals surface area contributed by atoms with Gasteiger partial charge in [0.2, 0.25) is 0 Å². The molecule has 0 bridgehead atoms. The maximum absolute atomic E-state index is 12.9. The van der Waals surface area contributed by atoms with Crippen molar-refractivity contribution in [1.82, 2.24) is 4.90 Å². The second-order valence-corrected chi connectivity index (χ2v) is 4.84. The Morgan fingerprint density at radius 3 is 2.06 bits per heavy atom. The van der Waals surface area contributed by atoms with Gasteiger partial charge in [-0.15, -0.1) is 0 Å². The molecule has 0 aliphatic carbocycles. The maximum Gasteiger partial charge on any atom is 0.123 e. The van der Waals surface area contributed by atoms with Crippen molar-refractivity contribution in [2.75, 3.05) is 13.1 Å². The second kappa shape index (κ2) is 6.30. The molecular formula is C15H24FNO. The SMILES string of the molecule is CCN(CC)C(C)(CC)C(O)c1ccc(F)cc1. The average Bonchev–Trinajstić information content (AvgIpc) is 2.39. The van der Waals surface area contributed by atoms with Crippen LogP contribution in [0.15, 0.2) is 24.3 Å². The van der Waals surface area contributed by atoms with Crippen LogP contribution in [-0.4, -0.2) is 28.6 Å². The molecule has 102 valence electrons. The Labute approximate surface area is 109 Å². The molecule has 0 aliphatic heterocycles. The van der Waals surface area contributed by atoms with Gasteiger partial charge in [0.1, 0.15) is 5.82 Å². The summed E-state index contributed by atoms with van der Waals surface area (Å²) in [5.74, 6) is -0.271. The molecule has 2 atom stereocenters. The molecule has 0 spiro atoms. The van der Waals surface area contributed by atoms with Crippen LogP contribution in [0.1, 0.15) is 45.8 Å². The Bertz CT molecular complexity index is 361. The number of rotatable bonds is 6. The van der Waals surface area contributed by atoms with E-state index in [-0.39, 0.29) is 11.4 Å². The van der Waals surface area contributed by atoms with Crippen LogP contribution >= 0.6 is 0 Å². The predicted octanol–water partition coefficient (Wildman–Crippen LogP) is 3.37. The molecule has 18 heavy (non-hydrogen) atoms. The van der Waals surface area contributed by atoms with Crippen LogP contribution in [0.3, 0.4) is 0 Å². The largest absolute Gasteiger partial charge is 0.386 e. The third kappa shape index (κ3) is 2.90. The van der Waals surface area contributed by atoms with Gasteiger partial charge in [-0.3, -0.25) is 4.90 Å². The normalized spacial score (nSPS) is 16.6. The summed E-state index contributed by atoms with van der Waals surface area (Å²) in [6.07, 6.45) is 0.232. The van der Waals surface area contributed by atoms with E-state index in [0.717, 1.165) is 25.1 Å². The summed E-state index contributed by atoms with van der Waals surface area (Å²) in [5, 5.41) is 10.6. The van der Waals surface area contributed by atoms with Crippen molar-refractivity contribution < 1.29 is 9.50 Å². The highest BCUT2D eigenvalue weighted by atomic mass is 19.1. The molecule has 1 rings (SSSR count). The molecule has 1 aromatic rings. The molecule has 3 heteroatoms. The van der Waals surface area contributed by atoms with Gasteiger partial charge in [-0.2, -0.15) is 0 Å². The van der Waals surface area contributed by atoms with E-state index in [4.69, 9.17) is 0 Å². The first-order chi connectivity index (χ1) is 8.49. The van der Waals surface area contributed by atoms with Gasteiger partial charge in [0, 0.05) is 5.54 Å². The van der Waals surface area contributed by atoms with Gasteiger partial charge in [-0.1, -0.05) is 32.9 Å². The van der Waals surface area contributed by atoms with Crippen LogP contribution in [-0.2, 0) is 0 Å². The van der Waals surface area contributed by atoms with Crippen molar-refractivity contribution >= 4 is 0 Å². The Morgan fingerprint density at radius 2 is 1.67 bits per heavy atom. The Morgan fingerprint density at radius 1 is 1.17 bits per heavy atom. The number of aliphatic hydroxyl groups excluding tert-OH is 1. The van der Waals surface area contributed by atoms with E-state index in [2.05, 4.69) is 32.6 Å². The third-order valence-corrected chi connectivity index (χ3v) is 3.98. The minimum atomic E-state index is -0.608. The van der Waals surface area contributed by atoms with Crippen LogP contribution in [0, 0.1) is 5.82 Å². The van der Waals surface area contributed by atoms with Crippen LogP contribution in [0.4, 0.5) is 4.39 Å². The van der Waals surface area contributed by atoms with Gasteiger partial charge >= 0.3 is 0 Å². The van der Waals surface area contributed by atoms with E-state index in [1.807, 2.05) is 0 Å². The highest BCUT2D eigenvalue weighted by Crippen LogP contribution is 2.34. The summed E-state index contributed by atoms with van der Waals surface area (Å²) in [6, 6.07) is 6.13. The van der Waals surface area contributed by atoms with Crippen molar-refractivity contribution in [1.29, 1.82) is 0 Å². The molecule has 1 aromatic carbocycles. The second-order valence-electron chi connectivity index (χ2n) is 4.84. The summed E-state index contributed by atoms with van der Waals surface area (Å²) in [5.41, 5.74) is 0.453. The molecule has 0 saturated carbocycles. The first-order valence-electron chi connectivity index (χ1n) is 6.68.